The number of aliphatic hydroxyl groups excluding tert-OH is 1. The molecule has 4 aromatic rings. The molecule has 1 amide bonds. The number of H-pyrrole nitrogens is 1. The minimum absolute atomic E-state index is 0.00809. The second kappa shape index (κ2) is 9.77. The maximum atomic E-state index is 13.4. The number of Topliss-reactive ketones (excluding diaryl/α,β-unsaturated/α-hetero) is 1. The fraction of sp³-hybridized carbons (Fsp3) is 0.214. The van der Waals surface area contributed by atoms with Crippen molar-refractivity contribution in [3.8, 4) is 17.2 Å². The highest BCUT2D eigenvalue weighted by molar-refractivity contribution is 6.15. The number of benzene rings is 2. The van der Waals surface area contributed by atoms with Gasteiger partial charge in [-0.3, -0.25) is 9.59 Å². The van der Waals surface area contributed by atoms with Gasteiger partial charge in [-0.15, -0.1) is 0 Å². The molecular formula is C28H26N2O7. The number of phenolic OH excluding ortho intramolecular Hbond substituents is 1. The van der Waals surface area contributed by atoms with Crippen molar-refractivity contribution in [1.82, 2.24) is 9.88 Å². The number of phenols is 1. The summed E-state index contributed by atoms with van der Waals surface area (Å²) in [4.78, 5) is 31.3. The topological polar surface area (TPSA) is 125 Å². The highest BCUT2D eigenvalue weighted by Gasteiger charge is 2.44. The average molecular weight is 503 g/mol. The first-order valence-electron chi connectivity index (χ1n) is 11.8. The number of aromatic hydroxyl groups is 1. The largest absolute Gasteiger partial charge is 0.504 e. The number of nitrogens with zero attached hydrogens (tertiary/aromatic N) is 1. The number of ketones is 1. The third-order valence-corrected chi connectivity index (χ3v) is 6.49. The monoisotopic (exact) mass is 502 g/mol. The van der Waals surface area contributed by atoms with E-state index in [9.17, 15) is 19.8 Å². The number of aromatic nitrogens is 1. The van der Waals surface area contributed by atoms with E-state index in [0.29, 0.717) is 24.3 Å². The third-order valence-electron chi connectivity index (χ3n) is 6.49. The number of carbonyl (C=O) groups is 2. The van der Waals surface area contributed by atoms with Gasteiger partial charge >= 0.3 is 0 Å². The van der Waals surface area contributed by atoms with Crippen LogP contribution < -0.4 is 9.47 Å². The molecular weight excluding hydrogens is 476 g/mol. The van der Waals surface area contributed by atoms with E-state index in [1.54, 1.807) is 32.2 Å². The van der Waals surface area contributed by atoms with Gasteiger partial charge in [0.2, 0.25) is 5.78 Å². The van der Waals surface area contributed by atoms with E-state index in [-0.39, 0.29) is 29.4 Å². The number of ether oxygens (including phenoxy) is 2. The average Bonchev–Trinajstić information content (AvgIpc) is 3.63. The molecule has 2 aromatic carbocycles. The van der Waals surface area contributed by atoms with E-state index in [1.807, 2.05) is 24.4 Å². The fourth-order valence-electron chi connectivity index (χ4n) is 4.71. The summed E-state index contributed by atoms with van der Waals surface area (Å²) in [6.07, 6.45) is 3.67. The van der Waals surface area contributed by atoms with Crippen LogP contribution in [0.2, 0.25) is 0 Å². The van der Waals surface area contributed by atoms with Crippen LogP contribution in [0.1, 0.15) is 34.6 Å². The molecule has 1 aliphatic rings. The summed E-state index contributed by atoms with van der Waals surface area (Å²) in [6, 6.07) is 12.5. The van der Waals surface area contributed by atoms with E-state index in [2.05, 4.69) is 4.98 Å². The molecule has 0 bridgehead atoms. The number of furan rings is 1. The number of nitrogens with one attached hydrogen (secondary N) is 1. The van der Waals surface area contributed by atoms with Gasteiger partial charge in [0.15, 0.2) is 23.0 Å². The smallest absolute Gasteiger partial charge is 0.290 e. The van der Waals surface area contributed by atoms with Gasteiger partial charge in [-0.1, -0.05) is 6.07 Å². The number of amides is 1. The van der Waals surface area contributed by atoms with Crippen LogP contribution >= 0.6 is 0 Å². The van der Waals surface area contributed by atoms with Crippen LogP contribution in [0.4, 0.5) is 0 Å². The number of methoxy groups -OCH3 is 1. The lowest BCUT2D eigenvalue weighted by atomic mass is 9.94. The highest BCUT2D eigenvalue weighted by atomic mass is 16.5. The minimum Gasteiger partial charge on any atom is -0.504 e. The van der Waals surface area contributed by atoms with Crippen molar-refractivity contribution >= 4 is 22.6 Å². The first kappa shape index (κ1) is 24.1. The Morgan fingerprint density at radius 2 is 2.00 bits per heavy atom. The SMILES string of the molecule is CCOc1cc(C2C(C(=O)c3ccco3)=C(O)C(=O)N2CCc2c[nH]c3ccc(OC)cc23)ccc1O. The van der Waals surface area contributed by atoms with Crippen LogP contribution in [0.15, 0.2) is 76.7 Å². The normalized spacial score (nSPS) is 15.6. The summed E-state index contributed by atoms with van der Waals surface area (Å²) in [5, 5.41) is 22.0. The molecule has 37 heavy (non-hydrogen) atoms. The van der Waals surface area contributed by atoms with Gasteiger partial charge in [0.1, 0.15) is 5.75 Å². The van der Waals surface area contributed by atoms with Gasteiger partial charge < -0.3 is 34.0 Å². The van der Waals surface area contributed by atoms with Crippen molar-refractivity contribution in [3.63, 3.8) is 0 Å². The Hall–Kier alpha value is -4.66. The molecule has 2 aromatic heterocycles. The molecule has 3 N–H and O–H groups in total. The summed E-state index contributed by atoms with van der Waals surface area (Å²) >= 11 is 0. The van der Waals surface area contributed by atoms with Crippen molar-refractivity contribution in [2.45, 2.75) is 19.4 Å². The molecule has 190 valence electrons. The van der Waals surface area contributed by atoms with Crippen molar-refractivity contribution < 1.29 is 33.7 Å². The summed E-state index contributed by atoms with van der Waals surface area (Å²) in [6.45, 7) is 2.30. The zero-order valence-electron chi connectivity index (χ0n) is 20.4. The molecule has 0 aliphatic carbocycles. The molecule has 1 unspecified atom stereocenters. The molecule has 9 nitrogen and oxygen atoms in total. The molecule has 1 atom stereocenters. The van der Waals surface area contributed by atoms with Gasteiger partial charge in [-0.25, -0.2) is 0 Å². The number of aromatic amines is 1. The standard InChI is InChI=1S/C28H26N2O7/c1-3-36-23-13-16(6-9-21(23)31)25-24(26(32)22-5-4-12-37-22)27(33)28(34)30(25)11-10-17-15-29-20-8-7-18(35-2)14-19(17)20/h4-9,12-15,25,29,31,33H,3,10-11H2,1-2H3. The molecule has 0 spiro atoms. The molecule has 3 heterocycles. The predicted molar refractivity (Wildman–Crippen MR) is 135 cm³/mol. The van der Waals surface area contributed by atoms with Crippen molar-refractivity contribution in [1.29, 1.82) is 0 Å². The summed E-state index contributed by atoms with van der Waals surface area (Å²) in [5.74, 6) is -1.02. The Balaban J connectivity index is 1.53. The van der Waals surface area contributed by atoms with Crippen molar-refractivity contribution in [2.75, 3.05) is 20.3 Å². The van der Waals surface area contributed by atoms with E-state index in [1.165, 1.54) is 23.3 Å². The quantitative estimate of drug-likeness (QED) is 0.283. The lowest BCUT2D eigenvalue weighted by Crippen LogP contribution is -2.33. The highest BCUT2D eigenvalue weighted by Crippen LogP contribution is 2.41. The van der Waals surface area contributed by atoms with Crippen LogP contribution in [0.25, 0.3) is 10.9 Å². The van der Waals surface area contributed by atoms with E-state index in [4.69, 9.17) is 13.9 Å². The van der Waals surface area contributed by atoms with Gasteiger partial charge in [0.25, 0.3) is 5.91 Å². The lowest BCUT2D eigenvalue weighted by Gasteiger charge is -2.27. The summed E-state index contributed by atoms with van der Waals surface area (Å²) < 4.78 is 16.2. The molecule has 0 saturated carbocycles. The number of hydrogen-bond donors (Lipinski definition) is 3. The number of hydrogen-bond acceptors (Lipinski definition) is 7. The van der Waals surface area contributed by atoms with Gasteiger partial charge in [-0.05, 0) is 66.9 Å². The summed E-state index contributed by atoms with van der Waals surface area (Å²) in [7, 11) is 1.60. The summed E-state index contributed by atoms with van der Waals surface area (Å²) in [5.41, 5.74) is 2.30. The molecule has 0 saturated heterocycles. The van der Waals surface area contributed by atoms with E-state index >= 15 is 0 Å². The van der Waals surface area contributed by atoms with Crippen LogP contribution in [-0.4, -0.2) is 52.0 Å². The van der Waals surface area contributed by atoms with Crippen molar-refractivity contribution in [2.24, 2.45) is 0 Å². The Bertz CT molecular complexity index is 1500. The Morgan fingerprint density at radius 1 is 1.16 bits per heavy atom. The van der Waals surface area contributed by atoms with Gasteiger partial charge in [0.05, 0.1) is 31.6 Å². The number of fused-ring (bicyclic) bond motifs is 1. The maximum Gasteiger partial charge on any atom is 0.290 e. The molecule has 0 radical (unpaired) electrons. The predicted octanol–water partition coefficient (Wildman–Crippen LogP) is 4.69. The third kappa shape index (κ3) is 4.29. The minimum atomic E-state index is -0.912. The second-order valence-electron chi connectivity index (χ2n) is 8.61. The fourth-order valence-corrected chi connectivity index (χ4v) is 4.71. The number of aliphatic hydroxyl groups is 1. The lowest BCUT2D eigenvalue weighted by molar-refractivity contribution is -0.129. The molecule has 5 rings (SSSR count). The first-order chi connectivity index (χ1) is 17.9. The first-order valence-corrected chi connectivity index (χ1v) is 11.8. The van der Waals surface area contributed by atoms with E-state index < -0.39 is 23.5 Å². The number of rotatable bonds is 9. The van der Waals surface area contributed by atoms with Crippen molar-refractivity contribution in [3.05, 3.63) is 89.2 Å². The van der Waals surface area contributed by atoms with Gasteiger partial charge in [0, 0.05) is 23.6 Å². The Labute approximate surface area is 212 Å². The van der Waals surface area contributed by atoms with Crippen LogP contribution in [0.3, 0.4) is 0 Å². The number of carbonyl (C=O) groups excluding carboxylic acids is 2. The van der Waals surface area contributed by atoms with Crippen LogP contribution in [0, 0.1) is 0 Å². The molecule has 1 aliphatic heterocycles. The Morgan fingerprint density at radius 3 is 2.73 bits per heavy atom. The van der Waals surface area contributed by atoms with Gasteiger partial charge in [-0.2, -0.15) is 0 Å². The van der Waals surface area contributed by atoms with E-state index in [0.717, 1.165) is 16.5 Å². The van der Waals surface area contributed by atoms with Crippen LogP contribution in [0.5, 0.6) is 17.2 Å². The zero-order valence-corrected chi connectivity index (χ0v) is 20.4. The maximum absolute atomic E-state index is 13.4. The van der Waals surface area contributed by atoms with Crippen LogP contribution in [-0.2, 0) is 11.2 Å². The zero-order chi connectivity index (χ0) is 26.1. The molecule has 9 heteroatoms. The second-order valence-corrected chi connectivity index (χ2v) is 8.61. The molecule has 0 fully saturated rings. The Kier molecular flexibility index (Phi) is 6.35.